The molecule has 0 fully saturated rings. The van der Waals surface area contributed by atoms with Crippen LogP contribution in [0.25, 0.3) is 0 Å². The summed E-state index contributed by atoms with van der Waals surface area (Å²) in [6, 6.07) is 4.58. The number of nitrogens with two attached hydrogens (primary N) is 1. The van der Waals surface area contributed by atoms with Gasteiger partial charge in [-0.25, -0.2) is 10.3 Å². The SMILES string of the molecule is CC(C)(CON)c1cc(F)ccc1Br. The van der Waals surface area contributed by atoms with Gasteiger partial charge in [0.2, 0.25) is 0 Å². The molecule has 78 valence electrons. The van der Waals surface area contributed by atoms with Crippen LogP contribution in [0.3, 0.4) is 0 Å². The van der Waals surface area contributed by atoms with Crippen LogP contribution < -0.4 is 5.90 Å². The Hall–Kier alpha value is -0.450. The summed E-state index contributed by atoms with van der Waals surface area (Å²) in [4.78, 5) is 4.61. The fourth-order valence-electron chi connectivity index (χ4n) is 1.30. The molecule has 0 radical (unpaired) electrons. The topological polar surface area (TPSA) is 35.2 Å². The van der Waals surface area contributed by atoms with E-state index in [1.165, 1.54) is 12.1 Å². The van der Waals surface area contributed by atoms with Crippen molar-refractivity contribution in [2.75, 3.05) is 6.61 Å². The molecule has 0 atom stereocenters. The minimum atomic E-state index is -0.310. The van der Waals surface area contributed by atoms with Gasteiger partial charge in [0.25, 0.3) is 0 Å². The Morgan fingerprint density at radius 3 is 2.71 bits per heavy atom. The van der Waals surface area contributed by atoms with Crippen molar-refractivity contribution in [2.45, 2.75) is 19.3 Å². The fraction of sp³-hybridized carbons (Fsp3) is 0.400. The van der Waals surface area contributed by atoms with Gasteiger partial charge in [0.15, 0.2) is 0 Å². The molecule has 0 unspecified atom stereocenters. The van der Waals surface area contributed by atoms with Crippen LogP contribution >= 0.6 is 15.9 Å². The Morgan fingerprint density at radius 1 is 1.50 bits per heavy atom. The number of hydrogen-bond donors (Lipinski definition) is 1. The molecule has 0 aliphatic rings. The maximum Gasteiger partial charge on any atom is 0.123 e. The fourth-order valence-corrected chi connectivity index (χ4v) is 2.09. The van der Waals surface area contributed by atoms with E-state index in [-0.39, 0.29) is 11.2 Å². The van der Waals surface area contributed by atoms with Gasteiger partial charge in [-0.05, 0) is 23.8 Å². The average Bonchev–Trinajstić information content (AvgIpc) is 2.09. The summed E-state index contributed by atoms with van der Waals surface area (Å²) < 4.78 is 13.9. The van der Waals surface area contributed by atoms with E-state index in [2.05, 4.69) is 20.8 Å². The van der Waals surface area contributed by atoms with Crippen LogP contribution in [0.1, 0.15) is 19.4 Å². The molecule has 2 nitrogen and oxygen atoms in total. The molecule has 0 heterocycles. The molecule has 4 heteroatoms. The first-order valence-corrected chi connectivity index (χ1v) is 5.04. The summed E-state index contributed by atoms with van der Waals surface area (Å²) in [5.74, 6) is 4.77. The van der Waals surface area contributed by atoms with Crippen molar-refractivity contribution in [1.29, 1.82) is 0 Å². The molecule has 0 saturated carbocycles. The summed E-state index contributed by atoms with van der Waals surface area (Å²) in [5.41, 5.74) is 0.540. The molecule has 0 amide bonds. The zero-order chi connectivity index (χ0) is 10.8. The first-order valence-electron chi connectivity index (χ1n) is 4.24. The molecule has 1 aromatic carbocycles. The minimum absolute atomic E-state index is 0.256. The summed E-state index contributed by atoms with van der Waals surface area (Å²) in [7, 11) is 0. The van der Waals surface area contributed by atoms with Gasteiger partial charge in [0.1, 0.15) is 5.82 Å². The zero-order valence-corrected chi connectivity index (χ0v) is 9.77. The Labute approximate surface area is 91.3 Å². The molecule has 2 N–H and O–H groups in total. The second-order valence-electron chi connectivity index (χ2n) is 3.82. The molecule has 0 spiro atoms. The number of halogens is 2. The highest BCUT2D eigenvalue weighted by Gasteiger charge is 2.23. The van der Waals surface area contributed by atoms with Gasteiger partial charge < -0.3 is 4.84 Å². The van der Waals surface area contributed by atoms with E-state index < -0.39 is 0 Å². The van der Waals surface area contributed by atoms with E-state index >= 15 is 0 Å². The third-order valence-corrected chi connectivity index (χ3v) is 2.79. The van der Waals surface area contributed by atoms with Crippen molar-refractivity contribution >= 4 is 15.9 Å². The second kappa shape index (κ2) is 4.38. The normalized spacial score (nSPS) is 11.8. The maximum atomic E-state index is 13.0. The smallest absolute Gasteiger partial charge is 0.123 e. The highest BCUT2D eigenvalue weighted by molar-refractivity contribution is 9.10. The van der Waals surface area contributed by atoms with Gasteiger partial charge in [0, 0.05) is 9.89 Å². The van der Waals surface area contributed by atoms with Crippen LogP contribution in [-0.4, -0.2) is 6.61 Å². The van der Waals surface area contributed by atoms with Crippen molar-refractivity contribution in [3.63, 3.8) is 0 Å². The van der Waals surface area contributed by atoms with Gasteiger partial charge in [-0.1, -0.05) is 29.8 Å². The Bertz CT molecular complexity index is 328. The van der Waals surface area contributed by atoms with Gasteiger partial charge in [-0.2, -0.15) is 0 Å². The van der Waals surface area contributed by atoms with Gasteiger partial charge >= 0.3 is 0 Å². The number of benzene rings is 1. The monoisotopic (exact) mass is 261 g/mol. The van der Waals surface area contributed by atoms with Gasteiger partial charge in [0.05, 0.1) is 6.61 Å². The maximum absolute atomic E-state index is 13.0. The van der Waals surface area contributed by atoms with Crippen LogP contribution in [0.4, 0.5) is 4.39 Å². The molecule has 0 bridgehead atoms. The summed E-state index contributed by atoms with van der Waals surface area (Å²) in [5, 5.41) is 0. The molecule has 14 heavy (non-hydrogen) atoms. The van der Waals surface area contributed by atoms with Crippen LogP contribution in [0.5, 0.6) is 0 Å². The molecule has 0 aromatic heterocycles. The predicted molar refractivity (Wildman–Crippen MR) is 57.3 cm³/mol. The lowest BCUT2D eigenvalue weighted by atomic mass is 9.85. The zero-order valence-electron chi connectivity index (χ0n) is 8.18. The highest BCUT2D eigenvalue weighted by atomic mass is 79.9. The van der Waals surface area contributed by atoms with Gasteiger partial charge in [-0.3, -0.25) is 0 Å². The van der Waals surface area contributed by atoms with E-state index in [1.54, 1.807) is 6.07 Å². The number of hydrogen-bond acceptors (Lipinski definition) is 2. The first-order chi connectivity index (χ1) is 6.47. The Morgan fingerprint density at radius 2 is 2.14 bits per heavy atom. The predicted octanol–water partition coefficient (Wildman–Crippen LogP) is 2.76. The highest BCUT2D eigenvalue weighted by Crippen LogP contribution is 2.30. The quantitative estimate of drug-likeness (QED) is 0.850. The largest absolute Gasteiger partial charge is 0.304 e. The molecule has 1 rings (SSSR count). The molecule has 0 aliphatic heterocycles. The third-order valence-electron chi connectivity index (χ3n) is 2.10. The summed E-state index contributed by atoms with van der Waals surface area (Å²) in [6.07, 6.45) is 0. The van der Waals surface area contributed by atoms with Gasteiger partial charge in [-0.15, -0.1) is 0 Å². The molecule has 0 saturated heterocycles. The van der Waals surface area contributed by atoms with E-state index in [4.69, 9.17) is 5.90 Å². The Balaban J connectivity index is 3.10. The second-order valence-corrected chi connectivity index (χ2v) is 4.67. The van der Waals surface area contributed by atoms with Crippen molar-refractivity contribution in [2.24, 2.45) is 5.90 Å². The lowest BCUT2D eigenvalue weighted by Gasteiger charge is -2.24. The van der Waals surface area contributed by atoms with Crippen molar-refractivity contribution in [3.05, 3.63) is 34.1 Å². The third kappa shape index (κ3) is 2.53. The summed E-state index contributed by atoms with van der Waals surface area (Å²) in [6.45, 7) is 4.23. The molecule has 0 aliphatic carbocycles. The van der Waals surface area contributed by atoms with E-state index in [0.29, 0.717) is 6.61 Å². The van der Waals surface area contributed by atoms with E-state index in [1.807, 2.05) is 13.8 Å². The van der Waals surface area contributed by atoms with Crippen LogP contribution in [0.2, 0.25) is 0 Å². The molecule has 1 aromatic rings. The number of rotatable bonds is 3. The van der Waals surface area contributed by atoms with Crippen LogP contribution in [-0.2, 0) is 10.3 Å². The standard InChI is InChI=1S/C10H13BrFNO/c1-10(2,6-14-13)8-5-7(12)3-4-9(8)11/h3-5H,6,13H2,1-2H3. The average molecular weight is 262 g/mol. The Kier molecular flexibility index (Phi) is 3.64. The van der Waals surface area contributed by atoms with Crippen LogP contribution in [0.15, 0.2) is 22.7 Å². The van der Waals surface area contributed by atoms with Crippen molar-refractivity contribution in [1.82, 2.24) is 0 Å². The lowest BCUT2D eigenvalue weighted by Crippen LogP contribution is -2.26. The van der Waals surface area contributed by atoms with Crippen LogP contribution in [0, 0.1) is 5.82 Å². The first kappa shape index (κ1) is 11.6. The summed E-state index contributed by atoms with van der Waals surface area (Å²) >= 11 is 3.37. The lowest BCUT2D eigenvalue weighted by molar-refractivity contribution is 0.0961. The van der Waals surface area contributed by atoms with Crippen molar-refractivity contribution < 1.29 is 9.23 Å². The van der Waals surface area contributed by atoms with E-state index in [9.17, 15) is 4.39 Å². The molecular weight excluding hydrogens is 249 g/mol. The van der Waals surface area contributed by atoms with E-state index in [0.717, 1.165) is 10.0 Å². The van der Waals surface area contributed by atoms with Crippen molar-refractivity contribution in [3.8, 4) is 0 Å². The minimum Gasteiger partial charge on any atom is -0.304 e. The molecular formula is C10H13BrFNO.